The molecule has 2 N–H and O–H groups in total. The molecule has 0 radical (unpaired) electrons. The summed E-state index contributed by atoms with van der Waals surface area (Å²) in [6.45, 7) is 4.06. The van der Waals surface area contributed by atoms with Gasteiger partial charge in [-0.3, -0.25) is 0 Å². The highest BCUT2D eigenvalue weighted by Crippen LogP contribution is 2.22. The Balaban J connectivity index is 2.08. The lowest BCUT2D eigenvalue weighted by Crippen LogP contribution is -2.40. The summed E-state index contributed by atoms with van der Waals surface area (Å²) in [4.78, 5) is 6.92. The van der Waals surface area contributed by atoms with Crippen molar-refractivity contribution >= 4 is 17.6 Å². The van der Waals surface area contributed by atoms with E-state index in [1.165, 1.54) is 17.1 Å². The second kappa shape index (κ2) is 5.55. The molecule has 1 aliphatic rings. The molecule has 1 aliphatic heterocycles. The Morgan fingerprint density at radius 1 is 1.56 bits per heavy atom. The summed E-state index contributed by atoms with van der Waals surface area (Å²) in [5, 5.41) is 0. The molecule has 88 valence electrons. The van der Waals surface area contributed by atoms with Gasteiger partial charge < -0.3 is 10.6 Å². The molecule has 2 heterocycles. The summed E-state index contributed by atoms with van der Waals surface area (Å²) < 4.78 is 0. The minimum absolute atomic E-state index is 0.589. The normalized spacial score (nSPS) is 21.1. The molecule has 1 aromatic rings. The highest BCUT2D eigenvalue weighted by molar-refractivity contribution is 7.99. The van der Waals surface area contributed by atoms with Crippen molar-refractivity contribution in [1.82, 2.24) is 4.98 Å². The van der Waals surface area contributed by atoms with Gasteiger partial charge in [0.15, 0.2) is 0 Å². The van der Waals surface area contributed by atoms with Crippen LogP contribution in [0.25, 0.3) is 0 Å². The molecule has 0 spiro atoms. The predicted molar refractivity (Wildman–Crippen MR) is 71.1 cm³/mol. The molecule has 2 rings (SSSR count). The third kappa shape index (κ3) is 2.68. The number of rotatable bonds is 3. The minimum atomic E-state index is 0.589. The standard InChI is InChI=1S/C12H19N3S/c1-10-9-16-7-6-15(10)12-3-2-11(4-5-13)8-14-12/h2-3,8,10H,4-7,9,13H2,1H3. The van der Waals surface area contributed by atoms with Crippen LogP contribution in [0.15, 0.2) is 18.3 Å². The second-order valence-corrected chi connectivity index (χ2v) is 5.33. The number of nitrogens with zero attached hydrogens (tertiary/aromatic N) is 2. The van der Waals surface area contributed by atoms with Gasteiger partial charge in [-0.15, -0.1) is 0 Å². The zero-order chi connectivity index (χ0) is 11.4. The van der Waals surface area contributed by atoms with Gasteiger partial charge in [0, 0.05) is 30.3 Å². The molecular formula is C12H19N3S. The van der Waals surface area contributed by atoms with Crippen LogP contribution < -0.4 is 10.6 Å². The van der Waals surface area contributed by atoms with E-state index in [9.17, 15) is 0 Å². The fraction of sp³-hybridized carbons (Fsp3) is 0.583. The van der Waals surface area contributed by atoms with Gasteiger partial charge in [-0.2, -0.15) is 11.8 Å². The Hall–Kier alpha value is -0.740. The predicted octanol–water partition coefficient (Wildman–Crippen LogP) is 1.52. The molecule has 16 heavy (non-hydrogen) atoms. The fourth-order valence-corrected chi connectivity index (χ4v) is 2.98. The van der Waals surface area contributed by atoms with Crippen LogP contribution in [-0.2, 0) is 6.42 Å². The number of pyridine rings is 1. The molecule has 1 unspecified atom stereocenters. The first-order valence-electron chi connectivity index (χ1n) is 5.80. The van der Waals surface area contributed by atoms with Crippen LogP contribution in [0.3, 0.4) is 0 Å². The van der Waals surface area contributed by atoms with Crippen LogP contribution in [0.2, 0.25) is 0 Å². The number of thioether (sulfide) groups is 1. The molecule has 3 nitrogen and oxygen atoms in total. The van der Waals surface area contributed by atoms with Gasteiger partial charge in [0.05, 0.1) is 0 Å². The third-order valence-corrected chi connectivity index (χ3v) is 4.09. The van der Waals surface area contributed by atoms with E-state index in [4.69, 9.17) is 5.73 Å². The van der Waals surface area contributed by atoms with Gasteiger partial charge in [0.1, 0.15) is 5.82 Å². The highest BCUT2D eigenvalue weighted by Gasteiger charge is 2.19. The monoisotopic (exact) mass is 237 g/mol. The lowest BCUT2D eigenvalue weighted by Gasteiger charge is -2.34. The Morgan fingerprint density at radius 3 is 3.06 bits per heavy atom. The van der Waals surface area contributed by atoms with Gasteiger partial charge in [-0.05, 0) is 31.5 Å². The van der Waals surface area contributed by atoms with Gasteiger partial charge in [0.25, 0.3) is 0 Å². The van der Waals surface area contributed by atoms with E-state index in [1.807, 2.05) is 18.0 Å². The Labute approximate surface area is 101 Å². The van der Waals surface area contributed by atoms with Crippen molar-refractivity contribution in [2.75, 3.05) is 29.5 Å². The molecule has 1 atom stereocenters. The maximum Gasteiger partial charge on any atom is 0.128 e. The second-order valence-electron chi connectivity index (χ2n) is 4.18. The summed E-state index contributed by atoms with van der Waals surface area (Å²) >= 11 is 2.03. The van der Waals surface area contributed by atoms with Crippen molar-refractivity contribution < 1.29 is 0 Å². The molecule has 0 amide bonds. The van der Waals surface area contributed by atoms with Crippen molar-refractivity contribution in [3.63, 3.8) is 0 Å². The topological polar surface area (TPSA) is 42.1 Å². The SMILES string of the molecule is CC1CSCCN1c1ccc(CCN)cn1. The Kier molecular flexibility index (Phi) is 4.07. The van der Waals surface area contributed by atoms with Gasteiger partial charge in [-0.1, -0.05) is 6.07 Å². The summed E-state index contributed by atoms with van der Waals surface area (Å²) in [6, 6.07) is 4.85. The van der Waals surface area contributed by atoms with E-state index in [0.717, 1.165) is 18.8 Å². The maximum absolute atomic E-state index is 5.52. The molecule has 0 aliphatic carbocycles. The average Bonchev–Trinajstić information content (AvgIpc) is 2.31. The minimum Gasteiger partial charge on any atom is -0.352 e. The van der Waals surface area contributed by atoms with E-state index in [0.29, 0.717) is 12.6 Å². The smallest absolute Gasteiger partial charge is 0.128 e. The molecule has 0 bridgehead atoms. The molecular weight excluding hydrogens is 218 g/mol. The first kappa shape index (κ1) is 11.7. The van der Waals surface area contributed by atoms with Crippen molar-refractivity contribution in [2.45, 2.75) is 19.4 Å². The Bertz CT molecular complexity index is 326. The number of anilines is 1. The van der Waals surface area contributed by atoms with Crippen molar-refractivity contribution in [3.05, 3.63) is 23.9 Å². The maximum atomic E-state index is 5.52. The number of aromatic nitrogens is 1. The summed E-state index contributed by atoms with van der Waals surface area (Å²) in [7, 11) is 0. The lowest BCUT2D eigenvalue weighted by molar-refractivity contribution is 0.689. The number of hydrogen-bond donors (Lipinski definition) is 1. The highest BCUT2D eigenvalue weighted by atomic mass is 32.2. The van der Waals surface area contributed by atoms with Gasteiger partial charge in [0.2, 0.25) is 0 Å². The number of nitrogens with two attached hydrogens (primary N) is 1. The average molecular weight is 237 g/mol. The first-order valence-corrected chi connectivity index (χ1v) is 6.96. The van der Waals surface area contributed by atoms with Crippen LogP contribution in [0, 0.1) is 0 Å². The molecule has 1 aromatic heterocycles. The van der Waals surface area contributed by atoms with Crippen molar-refractivity contribution in [3.8, 4) is 0 Å². The zero-order valence-corrected chi connectivity index (χ0v) is 10.5. The summed E-state index contributed by atoms with van der Waals surface area (Å²) in [5.74, 6) is 3.51. The van der Waals surface area contributed by atoms with Crippen LogP contribution in [0.4, 0.5) is 5.82 Å². The van der Waals surface area contributed by atoms with Crippen molar-refractivity contribution in [1.29, 1.82) is 0 Å². The lowest BCUT2D eigenvalue weighted by atomic mass is 10.2. The molecule has 0 aromatic carbocycles. The van der Waals surface area contributed by atoms with Crippen molar-refractivity contribution in [2.24, 2.45) is 5.73 Å². The molecule has 1 saturated heterocycles. The van der Waals surface area contributed by atoms with Crippen LogP contribution >= 0.6 is 11.8 Å². The fourth-order valence-electron chi connectivity index (χ4n) is 1.97. The zero-order valence-electron chi connectivity index (χ0n) is 9.72. The van der Waals surface area contributed by atoms with Crippen LogP contribution in [0.1, 0.15) is 12.5 Å². The van der Waals surface area contributed by atoms with E-state index >= 15 is 0 Å². The van der Waals surface area contributed by atoms with Crippen LogP contribution in [-0.4, -0.2) is 35.6 Å². The summed E-state index contributed by atoms with van der Waals surface area (Å²) in [5.41, 5.74) is 6.75. The third-order valence-electron chi connectivity index (χ3n) is 2.90. The van der Waals surface area contributed by atoms with E-state index < -0.39 is 0 Å². The largest absolute Gasteiger partial charge is 0.352 e. The van der Waals surface area contributed by atoms with E-state index in [-0.39, 0.29) is 0 Å². The number of hydrogen-bond acceptors (Lipinski definition) is 4. The molecule has 0 saturated carbocycles. The quantitative estimate of drug-likeness (QED) is 0.865. The summed E-state index contributed by atoms with van der Waals surface area (Å²) in [6.07, 6.45) is 2.87. The van der Waals surface area contributed by atoms with Gasteiger partial charge >= 0.3 is 0 Å². The van der Waals surface area contributed by atoms with Gasteiger partial charge in [-0.25, -0.2) is 4.98 Å². The Morgan fingerprint density at radius 2 is 2.44 bits per heavy atom. The first-order chi connectivity index (χ1) is 7.81. The van der Waals surface area contributed by atoms with E-state index in [2.05, 4.69) is 28.9 Å². The van der Waals surface area contributed by atoms with Crippen LogP contribution in [0.5, 0.6) is 0 Å². The molecule has 1 fully saturated rings. The molecule has 4 heteroatoms. The van der Waals surface area contributed by atoms with E-state index in [1.54, 1.807) is 0 Å².